The summed E-state index contributed by atoms with van der Waals surface area (Å²) in [6.45, 7) is 9.64. The summed E-state index contributed by atoms with van der Waals surface area (Å²) in [5.74, 6) is -0.260. The first-order chi connectivity index (χ1) is 9.68. The van der Waals surface area contributed by atoms with Crippen LogP contribution in [0.25, 0.3) is 0 Å². The van der Waals surface area contributed by atoms with Gasteiger partial charge in [-0.3, -0.25) is 0 Å². The fourth-order valence-corrected chi connectivity index (χ4v) is 2.16. The molecule has 0 aromatic carbocycles. The predicted molar refractivity (Wildman–Crippen MR) is 86.5 cm³/mol. The molecule has 0 atom stereocenters. The van der Waals surface area contributed by atoms with Gasteiger partial charge >= 0.3 is 5.97 Å². The van der Waals surface area contributed by atoms with E-state index >= 15 is 0 Å². The molecule has 0 aliphatic carbocycles. The highest BCUT2D eigenvalue weighted by atomic mass is 16.5. The minimum Gasteiger partial charge on any atom is -0.462 e. The van der Waals surface area contributed by atoms with Crippen molar-refractivity contribution in [2.75, 3.05) is 6.61 Å². The molecule has 0 N–H and O–H groups in total. The van der Waals surface area contributed by atoms with Crippen LogP contribution >= 0.6 is 0 Å². The Balaban J connectivity index is 3.06. The lowest BCUT2D eigenvalue weighted by atomic mass is 10.1. The molecule has 0 rings (SSSR count). The third-order valence-electron chi connectivity index (χ3n) is 3.48. The van der Waals surface area contributed by atoms with Crippen LogP contribution in [0.3, 0.4) is 0 Å². The van der Waals surface area contributed by atoms with Gasteiger partial charge in [0.25, 0.3) is 0 Å². The summed E-state index contributed by atoms with van der Waals surface area (Å²) in [6, 6.07) is 0. The molecule has 0 bridgehead atoms. The van der Waals surface area contributed by atoms with Crippen molar-refractivity contribution in [1.29, 1.82) is 0 Å². The first kappa shape index (κ1) is 19.2. The number of unbranched alkanes of at least 4 members (excludes halogenated alkanes) is 11. The van der Waals surface area contributed by atoms with E-state index in [4.69, 9.17) is 4.74 Å². The summed E-state index contributed by atoms with van der Waals surface area (Å²) in [7, 11) is 0. The highest BCUT2D eigenvalue weighted by Gasteiger charge is 2.01. The van der Waals surface area contributed by atoms with Gasteiger partial charge in [-0.1, -0.05) is 84.1 Å². The van der Waals surface area contributed by atoms with Crippen LogP contribution in [0.2, 0.25) is 0 Å². The first-order valence-corrected chi connectivity index (χ1v) is 8.30. The molecule has 0 aliphatic rings. The Hall–Kier alpha value is -0.790. The maximum atomic E-state index is 11.1. The number of carbonyl (C=O) groups is 1. The number of rotatable bonds is 14. The number of ether oxygens (including phenoxy) is 1. The molecule has 0 unspecified atom stereocenters. The summed E-state index contributed by atoms with van der Waals surface area (Å²) in [5, 5.41) is 0. The fraction of sp³-hybridized carbons (Fsp3) is 0.778. The number of hydrogen-bond donors (Lipinski definition) is 0. The highest BCUT2D eigenvalue weighted by molar-refractivity contribution is 5.86. The lowest BCUT2D eigenvalue weighted by Gasteiger charge is -2.04. The van der Waals surface area contributed by atoms with Gasteiger partial charge in [0, 0.05) is 5.57 Å². The monoisotopic (exact) mass is 281 g/mol. The topological polar surface area (TPSA) is 26.3 Å². The van der Waals surface area contributed by atoms with E-state index in [-0.39, 0.29) is 5.97 Å². The van der Waals surface area contributed by atoms with E-state index in [0.717, 1.165) is 19.3 Å². The number of esters is 1. The average molecular weight is 281 g/mol. The second kappa shape index (κ2) is 14.6. The normalized spacial score (nSPS) is 10.5. The van der Waals surface area contributed by atoms with Crippen LogP contribution in [0.4, 0.5) is 0 Å². The zero-order valence-corrected chi connectivity index (χ0v) is 13.4. The van der Waals surface area contributed by atoms with Crippen LogP contribution in [0, 0.1) is 6.92 Å². The van der Waals surface area contributed by atoms with Gasteiger partial charge in [-0.15, -0.1) is 0 Å². The van der Waals surface area contributed by atoms with Gasteiger partial charge in [-0.25, -0.2) is 4.79 Å². The molecule has 1 radical (unpaired) electrons. The van der Waals surface area contributed by atoms with Crippen LogP contribution in [0.15, 0.2) is 12.2 Å². The molecule has 0 fully saturated rings. The quantitative estimate of drug-likeness (QED) is 0.234. The van der Waals surface area contributed by atoms with Crippen LogP contribution < -0.4 is 0 Å². The Morgan fingerprint density at radius 1 is 0.800 bits per heavy atom. The van der Waals surface area contributed by atoms with Crippen molar-refractivity contribution < 1.29 is 9.53 Å². The second-order valence-corrected chi connectivity index (χ2v) is 5.66. The molecule has 0 spiro atoms. The molecule has 117 valence electrons. The molecule has 0 saturated carbocycles. The van der Waals surface area contributed by atoms with E-state index in [1.165, 1.54) is 57.8 Å². The van der Waals surface area contributed by atoms with Crippen LogP contribution in [0.5, 0.6) is 0 Å². The average Bonchev–Trinajstić information content (AvgIpc) is 2.43. The molecule has 0 aromatic rings. The summed E-state index contributed by atoms with van der Waals surface area (Å²) in [4.78, 5) is 11.1. The molecule has 0 saturated heterocycles. The zero-order valence-electron chi connectivity index (χ0n) is 13.4. The lowest BCUT2D eigenvalue weighted by molar-refractivity contribution is -0.139. The Morgan fingerprint density at radius 3 is 1.60 bits per heavy atom. The van der Waals surface area contributed by atoms with Gasteiger partial charge in [-0.05, 0) is 13.3 Å². The standard InChI is InChI=1S/C18H33O2/c1-4-5-6-7-8-9-10-11-12-13-14-15-16-20-18(19)17(2)3/h1-2,4-16H2,3H3. The van der Waals surface area contributed by atoms with E-state index < -0.39 is 0 Å². The molecule has 0 aromatic heterocycles. The highest BCUT2D eigenvalue weighted by Crippen LogP contribution is 2.11. The van der Waals surface area contributed by atoms with Crippen molar-refractivity contribution in [1.82, 2.24) is 0 Å². The van der Waals surface area contributed by atoms with Gasteiger partial charge in [0.1, 0.15) is 0 Å². The largest absolute Gasteiger partial charge is 0.462 e. The van der Waals surface area contributed by atoms with Crippen molar-refractivity contribution in [3.05, 3.63) is 19.1 Å². The van der Waals surface area contributed by atoms with E-state index in [2.05, 4.69) is 13.5 Å². The second-order valence-electron chi connectivity index (χ2n) is 5.66. The van der Waals surface area contributed by atoms with Gasteiger partial charge in [-0.2, -0.15) is 0 Å². The molecule has 0 heterocycles. The Bertz CT molecular complexity index is 246. The SMILES string of the molecule is [CH2]CCCCCCCCCCCCCOC(=O)C(=C)C. The molecule has 2 nitrogen and oxygen atoms in total. The summed E-state index contributed by atoms with van der Waals surface area (Å²) in [6.07, 6.45) is 15.3. The maximum Gasteiger partial charge on any atom is 0.333 e. The Kier molecular flexibility index (Phi) is 14.0. The molecular formula is C18H33O2. The zero-order chi connectivity index (χ0) is 15.1. The lowest BCUT2D eigenvalue weighted by Crippen LogP contribution is -2.05. The Labute approximate surface area is 126 Å². The first-order valence-electron chi connectivity index (χ1n) is 8.30. The minimum absolute atomic E-state index is 0.260. The van der Waals surface area contributed by atoms with Crippen molar-refractivity contribution in [3.8, 4) is 0 Å². The summed E-state index contributed by atoms with van der Waals surface area (Å²) >= 11 is 0. The van der Waals surface area contributed by atoms with E-state index in [0.29, 0.717) is 12.2 Å². The van der Waals surface area contributed by atoms with E-state index in [1.807, 2.05) is 0 Å². The third-order valence-corrected chi connectivity index (χ3v) is 3.48. The maximum absolute atomic E-state index is 11.1. The van der Waals surface area contributed by atoms with Crippen molar-refractivity contribution in [2.45, 2.75) is 84.0 Å². The Morgan fingerprint density at radius 2 is 1.20 bits per heavy atom. The fourth-order valence-electron chi connectivity index (χ4n) is 2.16. The van der Waals surface area contributed by atoms with E-state index in [9.17, 15) is 4.79 Å². The molecule has 20 heavy (non-hydrogen) atoms. The molecule has 0 amide bonds. The van der Waals surface area contributed by atoms with Crippen molar-refractivity contribution in [2.24, 2.45) is 0 Å². The minimum atomic E-state index is -0.260. The van der Waals surface area contributed by atoms with Crippen LogP contribution in [-0.2, 0) is 9.53 Å². The van der Waals surface area contributed by atoms with Gasteiger partial charge in [0.15, 0.2) is 0 Å². The molecule has 2 heteroatoms. The summed E-state index contributed by atoms with van der Waals surface area (Å²) < 4.78 is 5.05. The predicted octanol–water partition coefficient (Wildman–Crippen LogP) is 5.62. The summed E-state index contributed by atoms with van der Waals surface area (Å²) in [5.41, 5.74) is 0.486. The van der Waals surface area contributed by atoms with Gasteiger partial charge < -0.3 is 4.74 Å². The van der Waals surface area contributed by atoms with Gasteiger partial charge in [0.05, 0.1) is 6.61 Å². The smallest absolute Gasteiger partial charge is 0.333 e. The van der Waals surface area contributed by atoms with Crippen LogP contribution in [-0.4, -0.2) is 12.6 Å². The molecule has 0 aliphatic heterocycles. The van der Waals surface area contributed by atoms with E-state index in [1.54, 1.807) is 6.92 Å². The number of carbonyl (C=O) groups excluding carboxylic acids is 1. The molecular weight excluding hydrogens is 248 g/mol. The van der Waals surface area contributed by atoms with Crippen molar-refractivity contribution >= 4 is 5.97 Å². The number of hydrogen-bond acceptors (Lipinski definition) is 2. The van der Waals surface area contributed by atoms with Gasteiger partial charge in [0.2, 0.25) is 0 Å². The third kappa shape index (κ3) is 13.6. The van der Waals surface area contributed by atoms with Crippen LogP contribution in [0.1, 0.15) is 84.0 Å². The van der Waals surface area contributed by atoms with Crippen molar-refractivity contribution in [3.63, 3.8) is 0 Å².